The van der Waals surface area contributed by atoms with E-state index in [0.717, 1.165) is 34.1 Å². The number of hydrogen-bond donors (Lipinski definition) is 1. The van der Waals surface area contributed by atoms with E-state index in [-0.39, 0.29) is 5.78 Å². The summed E-state index contributed by atoms with van der Waals surface area (Å²) in [6.45, 7) is 3.77. The fourth-order valence-corrected chi connectivity index (χ4v) is 3.58. The van der Waals surface area contributed by atoms with Gasteiger partial charge in [0.25, 0.3) is 0 Å². The molecule has 0 unspecified atom stereocenters. The van der Waals surface area contributed by atoms with Crippen molar-refractivity contribution in [1.29, 1.82) is 0 Å². The quantitative estimate of drug-likeness (QED) is 0.778. The molecule has 0 bridgehead atoms. The number of benzene rings is 1. The minimum atomic E-state index is 0.242. The highest BCUT2D eigenvalue weighted by Crippen LogP contribution is 2.24. The maximum Gasteiger partial charge on any atom is 0.152 e. The third-order valence-corrected chi connectivity index (χ3v) is 5.06. The van der Waals surface area contributed by atoms with Crippen molar-refractivity contribution in [3.63, 3.8) is 0 Å². The predicted octanol–water partition coefficient (Wildman–Crippen LogP) is 3.22. The molecule has 128 valence electrons. The summed E-state index contributed by atoms with van der Waals surface area (Å²) in [6.07, 6.45) is 8.33. The van der Waals surface area contributed by atoms with Crippen molar-refractivity contribution in [3.05, 3.63) is 48.5 Å². The molecular weight excluding hydrogens is 312 g/mol. The van der Waals surface area contributed by atoms with Crippen LogP contribution in [-0.4, -0.2) is 45.0 Å². The first-order valence-electron chi connectivity index (χ1n) is 8.82. The molecule has 1 atom stereocenters. The van der Waals surface area contributed by atoms with Crippen molar-refractivity contribution in [2.75, 3.05) is 13.1 Å². The lowest BCUT2D eigenvalue weighted by molar-refractivity contribution is -0.119. The molecule has 1 saturated heterocycles. The van der Waals surface area contributed by atoms with E-state index in [1.165, 1.54) is 12.8 Å². The van der Waals surface area contributed by atoms with Gasteiger partial charge >= 0.3 is 0 Å². The molecule has 0 radical (unpaired) electrons. The molecule has 1 aromatic carbocycles. The number of ketones is 1. The number of aromatic amines is 1. The van der Waals surface area contributed by atoms with Crippen LogP contribution in [0.3, 0.4) is 0 Å². The molecule has 4 rings (SSSR count). The predicted molar refractivity (Wildman–Crippen MR) is 98.3 cm³/mol. The van der Waals surface area contributed by atoms with Gasteiger partial charge in [-0.15, -0.1) is 0 Å². The minimum Gasteiger partial charge on any atom is -0.298 e. The van der Waals surface area contributed by atoms with Crippen molar-refractivity contribution in [1.82, 2.24) is 20.1 Å². The Balaban J connectivity index is 1.52. The van der Waals surface area contributed by atoms with Gasteiger partial charge in [-0.3, -0.25) is 19.8 Å². The van der Waals surface area contributed by atoms with Gasteiger partial charge < -0.3 is 0 Å². The lowest BCUT2D eigenvalue weighted by Gasteiger charge is -2.19. The van der Waals surface area contributed by atoms with E-state index >= 15 is 0 Å². The Morgan fingerprint density at radius 2 is 2.16 bits per heavy atom. The first-order valence-corrected chi connectivity index (χ1v) is 8.82. The second-order valence-corrected chi connectivity index (χ2v) is 6.90. The first-order chi connectivity index (χ1) is 12.2. The number of fused-ring (bicyclic) bond motifs is 1. The molecule has 1 aliphatic heterocycles. The van der Waals surface area contributed by atoms with Crippen molar-refractivity contribution in [2.45, 2.75) is 32.2 Å². The lowest BCUT2D eigenvalue weighted by atomic mass is 10.0. The molecule has 3 aromatic rings. The summed E-state index contributed by atoms with van der Waals surface area (Å²) in [5, 5.41) is 9.03. The second kappa shape index (κ2) is 6.76. The Morgan fingerprint density at radius 3 is 2.92 bits per heavy atom. The van der Waals surface area contributed by atoms with Crippen molar-refractivity contribution in [3.8, 4) is 11.1 Å². The largest absolute Gasteiger partial charge is 0.298 e. The maximum absolute atomic E-state index is 12.4. The van der Waals surface area contributed by atoms with Gasteiger partial charge in [0.1, 0.15) is 0 Å². The van der Waals surface area contributed by atoms with E-state index in [0.29, 0.717) is 19.0 Å². The van der Waals surface area contributed by atoms with Gasteiger partial charge in [-0.25, -0.2) is 0 Å². The highest BCUT2D eigenvalue weighted by molar-refractivity contribution is 5.88. The van der Waals surface area contributed by atoms with Gasteiger partial charge in [-0.05, 0) is 49.4 Å². The van der Waals surface area contributed by atoms with Gasteiger partial charge in [0.05, 0.1) is 19.2 Å². The van der Waals surface area contributed by atoms with E-state index in [1.807, 2.05) is 24.7 Å². The fraction of sp³-hybridized carbons (Fsp3) is 0.350. The molecule has 0 saturated carbocycles. The average Bonchev–Trinajstić information content (AvgIpc) is 3.27. The third kappa shape index (κ3) is 3.46. The highest BCUT2D eigenvalue weighted by atomic mass is 16.1. The van der Waals surface area contributed by atoms with Gasteiger partial charge in [0.2, 0.25) is 0 Å². The average molecular weight is 334 g/mol. The number of H-pyrrole nitrogens is 1. The topological polar surface area (TPSA) is 61.9 Å². The van der Waals surface area contributed by atoms with Crippen LogP contribution < -0.4 is 0 Å². The number of nitrogens with one attached hydrogen (secondary N) is 1. The Morgan fingerprint density at radius 1 is 1.24 bits per heavy atom. The summed E-state index contributed by atoms with van der Waals surface area (Å²) in [5.74, 6) is 0.242. The van der Waals surface area contributed by atoms with Crippen LogP contribution in [0.4, 0.5) is 0 Å². The van der Waals surface area contributed by atoms with Crippen molar-refractivity contribution >= 4 is 16.6 Å². The number of rotatable bonds is 5. The molecule has 2 aromatic heterocycles. The first kappa shape index (κ1) is 16.0. The van der Waals surface area contributed by atoms with E-state index in [2.05, 4.69) is 45.2 Å². The standard InChI is InChI=1S/C20H22N4O/c1-14-3-2-6-24(14)13-20(25)9-19-8-17-7-15(18-11-22-23-12-18)4-5-16(17)10-21-19/h4-5,7-8,10-12,14H,2-3,6,9,13H2,1H3,(H,22,23)/t14-/m1/s1. The summed E-state index contributed by atoms with van der Waals surface area (Å²) in [7, 11) is 0. The monoisotopic (exact) mass is 334 g/mol. The number of nitrogens with zero attached hydrogens (tertiary/aromatic N) is 3. The Bertz CT molecular complexity index is 888. The zero-order valence-corrected chi connectivity index (χ0v) is 14.4. The van der Waals surface area contributed by atoms with Gasteiger partial charge in [0, 0.05) is 35.1 Å². The van der Waals surface area contributed by atoms with Crippen LogP contribution in [0.15, 0.2) is 42.9 Å². The second-order valence-electron chi connectivity index (χ2n) is 6.90. The van der Waals surface area contributed by atoms with Crippen molar-refractivity contribution in [2.24, 2.45) is 0 Å². The summed E-state index contributed by atoms with van der Waals surface area (Å²) in [6, 6.07) is 8.80. The van der Waals surface area contributed by atoms with E-state index in [1.54, 1.807) is 0 Å². The summed E-state index contributed by atoms with van der Waals surface area (Å²) >= 11 is 0. The van der Waals surface area contributed by atoms with E-state index < -0.39 is 0 Å². The van der Waals surface area contributed by atoms with E-state index in [4.69, 9.17) is 0 Å². The molecule has 1 aliphatic rings. The number of likely N-dealkylation sites (tertiary alicyclic amines) is 1. The normalized spacial score (nSPS) is 18.0. The summed E-state index contributed by atoms with van der Waals surface area (Å²) in [5.41, 5.74) is 3.00. The lowest BCUT2D eigenvalue weighted by Crippen LogP contribution is -2.33. The molecule has 1 fully saturated rings. The molecule has 0 amide bonds. The van der Waals surface area contributed by atoms with Crippen LogP contribution in [0, 0.1) is 0 Å². The van der Waals surface area contributed by atoms with Gasteiger partial charge in [0.15, 0.2) is 5.78 Å². The molecule has 25 heavy (non-hydrogen) atoms. The zero-order chi connectivity index (χ0) is 17.2. The highest BCUT2D eigenvalue weighted by Gasteiger charge is 2.22. The van der Waals surface area contributed by atoms with Crippen LogP contribution in [0.1, 0.15) is 25.5 Å². The van der Waals surface area contributed by atoms with E-state index in [9.17, 15) is 4.79 Å². The molecule has 3 heterocycles. The third-order valence-electron chi connectivity index (χ3n) is 5.06. The number of pyridine rings is 1. The fourth-order valence-electron chi connectivity index (χ4n) is 3.58. The molecule has 0 aliphatic carbocycles. The molecule has 0 spiro atoms. The van der Waals surface area contributed by atoms with Crippen LogP contribution in [0.2, 0.25) is 0 Å². The molecule has 5 nitrogen and oxygen atoms in total. The molecule has 1 N–H and O–H groups in total. The zero-order valence-electron chi connectivity index (χ0n) is 14.4. The SMILES string of the molecule is C[C@@H]1CCCN1CC(=O)Cc1cc2cc(-c3cn[nH]c3)ccc2cn1. The van der Waals surface area contributed by atoms with Crippen molar-refractivity contribution < 1.29 is 4.79 Å². The van der Waals surface area contributed by atoms with Gasteiger partial charge in [-0.1, -0.05) is 12.1 Å². The maximum atomic E-state index is 12.4. The Labute approximate surface area is 147 Å². The number of aromatic nitrogens is 3. The number of Topliss-reactive ketones (excluding diaryl/α,β-unsaturated/α-hetero) is 1. The molecular formula is C20H22N4O. The summed E-state index contributed by atoms with van der Waals surface area (Å²) in [4.78, 5) is 19.2. The van der Waals surface area contributed by atoms with Crippen LogP contribution >= 0.6 is 0 Å². The van der Waals surface area contributed by atoms with Crippen LogP contribution in [0.25, 0.3) is 21.9 Å². The van der Waals surface area contributed by atoms with Crippen LogP contribution in [0.5, 0.6) is 0 Å². The number of carbonyl (C=O) groups excluding carboxylic acids is 1. The summed E-state index contributed by atoms with van der Waals surface area (Å²) < 4.78 is 0. The number of carbonyl (C=O) groups is 1. The Kier molecular flexibility index (Phi) is 4.32. The Hall–Kier alpha value is -2.53. The van der Waals surface area contributed by atoms with Crippen LogP contribution in [-0.2, 0) is 11.2 Å². The molecule has 5 heteroatoms. The van der Waals surface area contributed by atoms with Gasteiger partial charge in [-0.2, -0.15) is 5.10 Å². The number of hydrogen-bond acceptors (Lipinski definition) is 4. The smallest absolute Gasteiger partial charge is 0.152 e. The minimum absolute atomic E-state index is 0.242.